The number of pyridine rings is 1. The molecule has 1 saturated heterocycles. The fraction of sp³-hybridized carbons (Fsp3) is 0.292. The maximum Gasteiger partial charge on any atom is 0.295 e. The van der Waals surface area contributed by atoms with Gasteiger partial charge in [0, 0.05) is 31.4 Å². The summed E-state index contributed by atoms with van der Waals surface area (Å²) in [5.74, 6) is -2.01. The molecule has 0 bridgehead atoms. The highest BCUT2D eigenvalue weighted by Gasteiger charge is 2.46. The minimum atomic E-state index is -0.981. The van der Waals surface area contributed by atoms with Crippen molar-refractivity contribution in [2.24, 2.45) is 0 Å². The number of Topliss-reactive ketones (excluding diaryl/α,β-unsaturated/α-hetero) is 1. The summed E-state index contributed by atoms with van der Waals surface area (Å²) in [4.78, 5) is 44.8. The zero-order valence-corrected chi connectivity index (χ0v) is 19.3. The summed E-state index contributed by atoms with van der Waals surface area (Å²) >= 11 is 0. The van der Waals surface area contributed by atoms with Crippen LogP contribution in [0.2, 0.25) is 0 Å². The molecule has 0 spiro atoms. The number of fused-ring (bicyclic) bond motifs is 1. The van der Waals surface area contributed by atoms with Crippen molar-refractivity contribution >= 4 is 28.8 Å². The third-order valence-electron chi connectivity index (χ3n) is 6.03. The molecule has 1 aliphatic heterocycles. The van der Waals surface area contributed by atoms with Gasteiger partial charge in [0.15, 0.2) is 5.76 Å². The van der Waals surface area contributed by atoms with E-state index in [1.807, 2.05) is 38.1 Å². The SMILES string of the molecule is Cc1cccn2c(C)c(/C(O)=C3\C(=O)C(=O)N(CCN(C)C)C3c3cccc([N+](=O)[O-])c3)nc12. The van der Waals surface area contributed by atoms with E-state index in [0.717, 1.165) is 5.56 Å². The Morgan fingerprint density at radius 1 is 1.21 bits per heavy atom. The van der Waals surface area contributed by atoms with Gasteiger partial charge in [-0.25, -0.2) is 4.98 Å². The summed E-state index contributed by atoms with van der Waals surface area (Å²) < 4.78 is 1.80. The summed E-state index contributed by atoms with van der Waals surface area (Å²) in [6.07, 6.45) is 1.80. The van der Waals surface area contributed by atoms with Crippen LogP contribution in [0.3, 0.4) is 0 Å². The quantitative estimate of drug-likeness (QED) is 0.196. The van der Waals surface area contributed by atoms with E-state index in [2.05, 4.69) is 4.98 Å². The summed E-state index contributed by atoms with van der Waals surface area (Å²) in [5.41, 5.74) is 2.36. The van der Waals surface area contributed by atoms with Crippen molar-refractivity contribution in [1.82, 2.24) is 19.2 Å². The Bertz CT molecular complexity index is 1360. The number of non-ortho nitro benzene ring substituents is 1. The van der Waals surface area contributed by atoms with Gasteiger partial charge in [-0.15, -0.1) is 0 Å². The number of likely N-dealkylation sites (tertiary alicyclic amines) is 1. The second-order valence-corrected chi connectivity index (χ2v) is 8.58. The zero-order chi connectivity index (χ0) is 24.7. The smallest absolute Gasteiger partial charge is 0.295 e. The molecule has 0 aliphatic carbocycles. The van der Waals surface area contributed by atoms with Crippen molar-refractivity contribution in [2.45, 2.75) is 19.9 Å². The first-order valence-corrected chi connectivity index (χ1v) is 10.7. The molecular formula is C24H25N5O5. The van der Waals surface area contributed by atoms with E-state index in [1.54, 1.807) is 23.6 Å². The van der Waals surface area contributed by atoms with Crippen LogP contribution in [0.4, 0.5) is 5.69 Å². The number of ketones is 1. The molecule has 176 valence electrons. The van der Waals surface area contributed by atoms with Gasteiger partial charge in [-0.3, -0.25) is 19.7 Å². The number of nitro benzene ring substituents is 1. The number of rotatable bonds is 6. The molecule has 0 saturated carbocycles. The molecule has 2 aromatic heterocycles. The van der Waals surface area contributed by atoms with Crippen molar-refractivity contribution in [1.29, 1.82) is 0 Å². The molecule has 1 atom stereocenters. The van der Waals surface area contributed by atoms with Crippen LogP contribution in [0.5, 0.6) is 0 Å². The Kier molecular flexibility index (Phi) is 5.92. The predicted molar refractivity (Wildman–Crippen MR) is 125 cm³/mol. The number of aryl methyl sites for hydroxylation is 2. The summed E-state index contributed by atoms with van der Waals surface area (Å²) in [6, 6.07) is 8.53. The number of nitro groups is 1. The molecule has 1 aromatic carbocycles. The molecular weight excluding hydrogens is 438 g/mol. The van der Waals surface area contributed by atoms with Gasteiger partial charge in [-0.1, -0.05) is 18.2 Å². The number of aliphatic hydroxyl groups is 1. The molecule has 1 N–H and O–H groups in total. The van der Waals surface area contributed by atoms with Gasteiger partial charge in [0.05, 0.1) is 22.2 Å². The third kappa shape index (κ3) is 3.81. The number of likely N-dealkylation sites (N-methyl/N-ethyl adjacent to an activating group) is 1. The van der Waals surface area contributed by atoms with Crippen LogP contribution in [0.15, 0.2) is 48.2 Å². The van der Waals surface area contributed by atoms with E-state index in [4.69, 9.17) is 0 Å². The van der Waals surface area contributed by atoms with Crippen LogP contribution in [-0.4, -0.2) is 68.1 Å². The second kappa shape index (κ2) is 8.71. The Morgan fingerprint density at radius 3 is 2.59 bits per heavy atom. The molecule has 1 unspecified atom stereocenters. The summed E-state index contributed by atoms with van der Waals surface area (Å²) in [5, 5.41) is 22.7. The van der Waals surface area contributed by atoms with Crippen molar-refractivity contribution < 1.29 is 19.6 Å². The van der Waals surface area contributed by atoms with Crippen molar-refractivity contribution in [3.8, 4) is 0 Å². The topological polar surface area (TPSA) is 121 Å². The van der Waals surface area contributed by atoms with Crippen molar-refractivity contribution in [2.75, 3.05) is 27.2 Å². The fourth-order valence-electron chi connectivity index (χ4n) is 4.25. The Hall–Kier alpha value is -4.05. The standard InChI is InChI=1S/C24H25N5O5/c1-14-7-6-10-27-15(2)19(25-23(14)27)21(30)18-20(16-8-5-9-17(13-16)29(33)34)28(12-11-26(3)4)24(32)22(18)31/h5-10,13,20,30H,11-12H2,1-4H3/b21-18+. The van der Waals surface area contributed by atoms with Crippen LogP contribution in [0.25, 0.3) is 11.4 Å². The number of hydrogen-bond acceptors (Lipinski definition) is 7. The second-order valence-electron chi connectivity index (χ2n) is 8.58. The fourth-order valence-corrected chi connectivity index (χ4v) is 4.25. The molecule has 3 aromatic rings. The monoisotopic (exact) mass is 463 g/mol. The number of nitrogens with zero attached hydrogens (tertiary/aromatic N) is 5. The molecule has 4 rings (SSSR count). The normalized spacial score (nSPS) is 17.8. The average molecular weight is 463 g/mol. The number of amides is 1. The highest BCUT2D eigenvalue weighted by Crippen LogP contribution is 2.40. The lowest BCUT2D eigenvalue weighted by molar-refractivity contribution is -0.384. The molecule has 10 nitrogen and oxygen atoms in total. The van der Waals surface area contributed by atoms with E-state index in [-0.39, 0.29) is 23.5 Å². The van der Waals surface area contributed by atoms with E-state index in [9.17, 15) is 24.8 Å². The van der Waals surface area contributed by atoms with E-state index in [0.29, 0.717) is 23.4 Å². The van der Waals surface area contributed by atoms with E-state index >= 15 is 0 Å². The maximum atomic E-state index is 13.2. The zero-order valence-electron chi connectivity index (χ0n) is 19.3. The van der Waals surface area contributed by atoms with Crippen LogP contribution in [-0.2, 0) is 9.59 Å². The summed E-state index contributed by atoms with van der Waals surface area (Å²) in [7, 11) is 3.67. The molecule has 10 heteroatoms. The number of carbonyl (C=O) groups excluding carboxylic acids is 2. The number of hydrogen-bond donors (Lipinski definition) is 1. The van der Waals surface area contributed by atoms with Crippen LogP contribution < -0.4 is 0 Å². The molecule has 1 aliphatic rings. The molecule has 3 heterocycles. The van der Waals surface area contributed by atoms with Gasteiger partial charge >= 0.3 is 0 Å². The van der Waals surface area contributed by atoms with Gasteiger partial charge in [0.2, 0.25) is 0 Å². The molecule has 1 fully saturated rings. The third-order valence-corrected chi connectivity index (χ3v) is 6.03. The molecule has 34 heavy (non-hydrogen) atoms. The van der Waals surface area contributed by atoms with Crippen molar-refractivity contribution in [3.05, 3.63) is 80.8 Å². The van der Waals surface area contributed by atoms with E-state index in [1.165, 1.54) is 23.1 Å². The highest BCUT2D eigenvalue weighted by atomic mass is 16.6. The number of imidazole rings is 1. The van der Waals surface area contributed by atoms with E-state index < -0.39 is 28.4 Å². The first-order chi connectivity index (χ1) is 16.1. The Balaban J connectivity index is 1.94. The average Bonchev–Trinajstić information content (AvgIpc) is 3.27. The van der Waals surface area contributed by atoms with Gasteiger partial charge in [-0.05, 0) is 45.1 Å². The minimum absolute atomic E-state index is 0.131. The lowest BCUT2D eigenvalue weighted by Gasteiger charge is -2.26. The predicted octanol–water partition coefficient (Wildman–Crippen LogP) is 2.84. The molecule has 0 radical (unpaired) electrons. The largest absolute Gasteiger partial charge is 0.505 e. The van der Waals surface area contributed by atoms with Crippen LogP contribution in [0, 0.1) is 24.0 Å². The Labute approximate surface area is 195 Å². The highest BCUT2D eigenvalue weighted by molar-refractivity contribution is 6.46. The number of aromatic nitrogens is 2. The number of benzene rings is 1. The first kappa shape index (κ1) is 23.1. The Morgan fingerprint density at radius 2 is 1.94 bits per heavy atom. The lowest BCUT2D eigenvalue weighted by atomic mass is 9.96. The first-order valence-electron chi connectivity index (χ1n) is 10.7. The van der Waals surface area contributed by atoms with Crippen LogP contribution >= 0.6 is 0 Å². The summed E-state index contributed by atoms with van der Waals surface area (Å²) in [6.45, 7) is 4.31. The van der Waals surface area contributed by atoms with Crippen molar-refractivity contribution in [3.63, 3.8) is 0 Å². The van der Waals surface area contributed by atoms with Crippen LogP contribution in [0.1, 0.15) is 28.6 Å². The molecule has 1 amide bonds. The van der Waals surface area contributed by atoms with Gasteiger partial charge in [0.25, 0.3) is 17.4 Å². The lowest BCUT2D eigenvalue weighted by Crippen LogP contribution is -2.35. The van der Waals surface area contributed by atoms with Gasteiger partial charge in [-0.2, -0.15) is 0 Å². The number of carbonyl (C=O) groups is 2. The van der Waals surface area contributed by atoms with Gasteiger partial charge in [0.1, 0.15) is 11.3 Å². The minimum Gasteiger partial charge on any atom is -0.505 e. The van der Waals surface area contributed by atoms with Gasteiger partial charge < -0.3 is 19.3 Å². The number of aliphatic hydroxyl groups excluding tert-OH is 1. The maximum absolute atomic E-state index is 13.2.